The van der Waals surface area contributed by atoms with Gasteiger partial charge in [-0.1, -0.05) is 84.9 Å². The number of rotatable bonds is 2. The minimum absolute atomic E-state index is 0.876. The maximum Gasteiger partial charge on any atom is 0.136 e. The summed E-state index contributed by atoms with van der Waals surface area (Å²) in [6.07, 6.45) is 1.75. The minimum atomic E-state index is 0.876. The highest BCUT2D eigenvalue weighted by molar-refractivity contribution is 7.25. The van der Waals surface area contributed by atoms with Crippen LogP contribution in [0.15, 0.2) is 142 Å². The fourth-order valence-electron chi connectivity index (χ4n) is 7.11. The van der Waals surface area contributed by atoms with Crippen molar-refractivity contribution >= 4 is 86.0 Å². The molecule has 0 saturated heterocycles. The van der Waals surface area contributed by atoms with Crippen LogP contribution < -0.4 is 0 Å². The number of hydrogen-bond donors (Lipinski definition) is 0. The Morgan fingerprint density at radius 2 is 0.953 bits per heavy atom. The molecule has 0 atom stereocenters. The molecule has 0 saturated carbocycles. The SMILES string of the molecule is c1ccc2c(c1)sc1cc(-c3c4ccccc4c(-c4ccc5c(c4)oc4ccc6occc6c45)c4ccccc34)ccc12. The van der Waals surface area contributed by atoms with Gasteiger partial charge >= 0.3 is 0 Å². The second kappa shape index (κ2) is 8.57. The van der Waals surface area contributed by atoms with Gasteiger partial charge < -0.3 is 8.83 Å². The molecule has 0 aliphatic rings. The van der Waals surface area contributed by atoms with E-state index in [0.29, 0.717) is 0 Å². The van der Waals surface area contributed by atoms with Gasteiger partial charge in [-0.3, -0.25) is 0 Å². The van der Waals surface area contributed by atoms with E-state index in [2.05, 4.69) is 109 Å². The number of fused-ring (bicyclic) bond motifs is 10. The summed E-state index contributed by atoms with van der Waals surface area (Å²) < 4.78 is 14.8. The van der Waals surface area contributed by atoms with E-state index in [0.717, 1.165) is 38.5 Å². The summed E-state index contributed by atoms with van der Waals surface area (Å²) in [5, 5.41) is 10.9. The van der Waals surface area contributed by atoms with Crippen LogP contribution in [0.4, 0.5) is 0 Å². The average Bonchev–Trinajstić information content (AvgIpc) is 3.77. The van der Waals surface area contributed by atoms with Gasteiger partial charge in [0.1, 0.15) is 16.7 Å². The summed E-state index contributed by atoms with van der Waals surface area (Å²) in [4.78, 5) is 0. The number of furan rings is 2. The summed E-state index contributed by atoms with van der Waals surface area (Å²) in [6, 6.07) is 46.0. The predicted octanol–water partition coefficient (Wildman–Crippen LogP) is 12.3. The summed E-state index contributed by atoms with van der Waals surface area (Å²) in [7, 11) is 0. The summed E-state index contributed by atoms with van der Waals surface area (Å²) >= 11 is 1.87. The molecule has 0 N–H and O–H groups in total. The molecule has 7 aromatic carbocycles. The van der Waals surface area contributed by atoms with Crippen LogP contribution in [0.1, 0.15) is 0 Å². The van der Waals surface area contributed by atoms with Crippen LogP contribution in [0.3, 0.4) is 0 Å². The fraction of sp³-hybridized carbons (Fsp3) is 0. The van der Waals surface area contributed by atoms with Crippen LogP contribution in [0.5, 0.6) is 0 Å². The Labute approximate surface area is 250 Å². The molecule has 10 aromatic rings. The van der Waals surface area contributed by atoms with Crippen LogP contribution in [0.2, 0.25) is 0 Å². The second-order valence-electron chi connectivity index (χ2n) is 11.2. The van der Waals surface area contributed by atoms with Crippen molar-refractivity contribution in [1.29, 1.82) is 0 Å². The molecular formula is C40H22O2S. The first kappa shape index (κ1) is 23.2. The molecule has 200 valence electrons. The lowest BCUT2D eigenvalue weighted by atomic mass is 9.85. The monoisotopic (exact) mass is 566 g/mol. The van der Waals surface area contributed by atoms with Gasteiger partial charge in [0.15, 0.2) is 0 Å². The Hall–Kier alpha value is -5.38. The molecule has 0 aliphatic heterocycles. The quantitative estimate of drug-likeness (QED) is 0.195. The van der Waals surface area contributed by atoms with Crippen molar-refractivity contribution in [3.05, 3.63) is 134 Å². The second-order valence-corrected chi connectivity index (χ2v) is 12.3. The number of benzene rings is 7. The molecule has 0 aliphatic carbocycles. The van der Waals surface area contributed by atoms with Crippen LogP contribution in [0.25, 0.3) is 96.9 Å². The first-order chi connectivity index (χ1) is 21.3. The Kier molecular flexibility index (Phi) is 4.63. The van der Waals surface area contributed by atoms with E-state index in [9.17, 15) is 0 Å². The molecule has 0 spiro atoms. The summed E-state index contributed by atoms with van der Waals surface area (Å²) in [6.45, 7) is 0. The van der Waals surface area contributed by atoms with Crippen LogP contribution in [-0.2, 0) is 0 Å². The van der Waals surface area contributed by atoms with Crippen molar-refractivity contribution in [2.45, 2.75) is 0 Å². The van der Waals surface area contributed by atoms with Crippen LogP contribution >= 0.6 is 11.3 Å². The van der Waals surface area contributed by atoms with Gasteiger partial charge in [-0.15, -0.1) is 11.3 Å². The highest BCUT2D eigenvalue weighted by atomic mass is 32.1. The molecule has 3 aromatic heterocycles. The van der Waals surface area contributed by atoms with Crippen molar-refractivity contribution in [2.24, 2.45) is 0 Å². The van der Waals surface area contributed by atoms with Gasteiger partial charge in [-0.25, -0.2) is 0 Å². The van der Waals surface area contributed by atoms with Gasteiger partial charge in [-0.05, 0) is 86.3 Å². The molecule has 0 radical (unpaired) electrons. The highest BCUT2D eigenvalue weighted by Crippen LogP contribution is 2.46. The zero-order chi connectivity index (χ0) is 28.1. The maximum absolute atomic E-state index is 6.43. The molecule has 3 heterocycles. The normalized spacial score (nSPS) is 12.2. The Morgan fingerprint density at radius 3 is 1.67 bits per heavy atom. The molecular weight excluding hydrogens is 545 g/mol. The van der Waals surface area contributed by atoms with E-state index >= 15 is 0 Å². The van der Waals surface area contributed by atoms with E-state index in [4.69, 9.17) is 8.83 Å². The van der Waals surface area contributed by atoms with E-state index in [-0.39, 0.29) is 0 Å². The lowest BCUT2D eigenvalue weighted by molar-refractivity contribution is 0.615. The highest BCUT2D eigenvalue weighted by Gasteiger charge is 2.19. The lowest BCUT2D eigenvalue weighted by Crippen LogP contribution is -1.90. The molecule has 3 heteroatoms. The van der Waals surface area contributed by atoms with Crippen molar-refractivity contribution < 1.29 is 8.83 Å². The first-order valence-corrected chi connectivity index (χ1v) is 15.3. The molecule has 0 bridgehead atoms. The van der Waals surface area contributed by atoms with Gasteiger partial charge in [0.2, 0.25) is 0 Å². The molecule has 0 fully saturated rings. The smallest absolute Gasteiger partial charge is 0.136 e. The summed E-state index contributed by atoms with van der Waals surface area (Å²) in [5.41, 5.74) is 7.54. The van der Waals surface area contributed by atoms with Gasteiger partial charge in [0.05, 0.1) is 6.26 Å². The molecule has 0 unspecified atom stereocenters. The predicted molar refractivity (Wildman–Crippen MR) is 182 cm³/mol. The van der Waals surface area contributed by atoms with E-state index in [1.165, 1.54) is 58.4 Å². The third-order valence-corrected chi connectivity index (χ3v) is 10.1. The topological polar surface area (TPSA) is 26.3 Å². The molecule has 2 nitrogen and oxygen atoms in total. The van der Waals surface area contributed by atoms with Crippen molar-refractivity contribution in [2.75, 3.05) is 0 Å². The third-order valence-electron chi connectivity index (χ3n) is 8.96. The van der Waals surface area contributed by atoms with Crippen molar-refractivity contribution in [1.82, 2.24) is 0 Å². The van der Waals surface area contributed by atoms with E-state index < -0.39 is 0 Å². The Bertz CT molecular complexity index is 2680. The Balaban J connectivity index is 1.26. The van der Waals surface area contributed by atoms with Gasteiger partial charge in [0.25, 0.3) is 0 Å². The number of hydrogen-bond acceptors (Lipinski definition) is 3. The van der Waals surface area contributed by atoms with E-state index in [1.54, 1.807) is 6.26 Å². The molecule has 0 amide bonds. The van der Waals surface area contributed by atoms with E-state index in [1.807, 2.05) is 29.5 Å². The third kappa shape index (κ3) is 3.23. The van der Waals surface area contributed by atoms with Crippen molar-refractivity contribution in [3.63, 3.8) is 0 Å². The van der Waals surface area contributed by atoms with Crippen LogP contribution in [0, 0.1) is 0 Å². The average molecular weight is 567 g/mol. The molecule has 43 heavy (non-hydrogen) atoms. The fourth-order valence-corrected chi connectivity index (χ4v) is 8.25. The maximum atomic E-state index is 6.43. The largest absolute Gasteiger partial charge is 0.464 e. The molecule has 10 rings (SSSR count). The van der Waals surface area contributed by atoms with Crippen molar-refractivity contribution in [3.8, 4) is 22.3 Å². The zero-order valence-corrected chi connectivity index (χ0v) is 23.7. The standard InChI is InChI=1S/C40H22O2S/c1-3-10-29-27(8-1)38(23-14-16-31-35(21-23)42-34-18-17-33-32(40(31)34)19-20-41-33)28-9-2-4-11-30(28)39(29)24-13-15-26-25-7-5-6-12-36(25)43-37(26)22-24/h1-22H. The minimum Gasteiger partial charge on any atom is -0.464 e. The zero-order valence-electron chi connectivity index (χ0n) is 22.9. The van der Waals surface area contributed by atoms with Crippen LogP contribution in [-0.4, -0.2) is 0 Å². The lowest BCUT2D eigenvalue weighted by Gasteiger charge is -2.17. The number of thiophene rings is 1. The van der Waals surface area contributed by atoms with Gasteiger partial charge in [-0.2, -0.15) is 0 Å². The summed E-state index contributed by atoms with van der Waals surface area (Å²) in [5.74, 6) is 0. The first-order valence-electron chi connectivity index (χ1n) is 14.5. The Morgan fingerprint density at radius 1 is 0.395 bits per heavy atom. The van der Waals surface area contributed by atoms with Gasteiger partial charge in [0, 0.05) is 36.3 Å².